The van der Waals surface area contributed by atoms with Gasteiger partial charge in [-0.05, 0) is 32.0 Å². The van der Waals surface area contributed by atoms with Crippen molar-refractivity contribution in [3.63, 3.8) is 0 Å². The molecule has 0 amide bonds. The van der Waals surface area contributed by atoms with Crippen LogP contribution in [0.5, 0.6) is 5.88 Å². The maximum absolute atomic E-state index is 12.2. The van der Waals surface area contributed by atoms with Crippen LogP contribution in [0.2, 0.25) is 0 Å². The lowest BCUT2D eigenvalue weighted by atomic mass is 10.1. The van der Waals surface area contributed by atoms with Crippen molar-refractivity contribution in [2.24, 2.45) is 0 Å². The zero-order valence-corrected chi connectivity index (χ0v) is 16.6. The van der Waals surface area contributed by atoms with Crippen LogP contribution in [-0.2, 0) is 6.61 Å². The van der Waals surface area contributed by atoms with Gasteiger partial charge in [-0.1, -0.05) is 30.3 Å². The minimum atomic E-state index is -0.187. The van der Waals surface area contributed by atoms with Crippen molar-refractivity contribution in [2.75, 3.05) is 5.73 Å². The minimum Gasteiger partial charge on any atom is -0.467 e. The van der Waals surface area contributed by atoms with E-state index in [2.05, 4.69) is 15.1 Å². The summed E-state index contributed by atoms with van der Waals surface area (Å²) in [7, 11) is 0. The summed E-state index contributed by atoms with van der Waals surface area (Å²) in [6, 6.07) is 16.1. The Kier molecular flexibility index (Phi) is 5.30. The number of furan rings is 1. The highest BCUT2D eigenvalue weighted by Crippen LogP contribution is 2.32. The van der Waals surface area contributed by atoms with Crippen LogP contribution in [0.25, 0.3) is 22.6 Å². The van der Waals surface area contributed by atoms with Crippen LogP contribution in [0, 0.1) is 0 Å². The van der Waals surface area contributed by atoms with E-state index in [-0.39, 0.29) is 29.9 Å². The zero-order valence-electron chi connectivity index (χ0n) is 16.6. The number of nitrogen functional groups attached to an aromatic ring is 1. The van der Waals surface area contributed by atoms with Gasteiger partial charge in [-0.25, -0.2) is 14.6 Å². The van der Waals surface area contributed by atoms with Crippen molar-refractivity contribution in [3.05, 3.63) is 77.0 Å². The van der Waals surface area contributed by atoms with E-state index in [1.807, 2.05) is 44.2 Å². The quantitative estimate of drug-likeness (QED) is 0.523. The average molecular weight is 403 g/mol. The fourth-order valence-electron chi connectivity index (χ4n) is 2.97. The van der Waals surface area contributed by atoms with E-state index in [9.17, 15) is 4.79 Å². The van der Waals surface area contributed by atoms with Crippen LogP contribution in [0.15, 0.2) is 70.1 Å². The third kappa shape index (κ3) is 3.93. The number of benzene rings is 1. The minimum absolute atomic E-state index is 0.103. The monoisotopic (exact) mass is 403 g/mol. The van der Waals surface area contributed by atoms with E-state index in [0.29, 0.717) is 22.8 Å². The van der Waals surface area contributed by atoms with E-state index >= 15 is 0 Å². The highest BCUT2D eigenvalue weighted by molar-refractivity contribution is 5.77. The van der Waals surface area contributed by atoms with Gasteiger partial charge < -0.3 is 14.9 Å². The Labute approximate surface area is 173 Å². The van der Waals surface area contributed by atoms with Crippen molar-refractivity contribution in [1.29, 1.82) is 0 Å². The lowest BCUT2D eigenvalue weighted by Crippen LogP contribution is -2.24. The smallest absolute Gasteiger partial charge is 0.267 e. The number of hydrogen-bond donors (Lipinski definition) is 1. The summed E-state index contributed by atoms with van der Waals surface area (Å²) in [4.78, 5) is 21.3. The second-order valence-electron chi connectivity index (χ2n) is 6.94. The van der Waals surface area contributed by atoms with Gasteiger partial charge in [-0.3, -0.25) is 4.79 Å². The van der Waals surface area contributed by atoms with Crippen LogP contribution < -0.4 is 16.0 Å². The molecule has 0 radical (unpaired) electrons. The fraction of sp³-hybridized carbons (Fsp3) is 0.182. The molecule has 8 heteroatoms. The van der Waals surface area contributed by atoms with Crippen molar-refractivity contribution < 1.29 is 9.15 Å². The van der Waals surface area contributed by atoms with Crippen LogP contribution in [-0.4, -0.2) is 19.7 Å². The van der Waals surface area contributed by atoms with Gasteiger partial charge in [-0.15, -0.1) is 0 Å². The number of anilines is 1. The lowest BCUT2D eigenvalue weighted by molar-refractivity contribution is 0.261. The molecule has 0 fully saturated rings. The zero-order chi connectivity index (χ0) is 21.1. The second-order valence-corrected chi connectivity index (χ2v) is 6.94. The molecular formula is C22H21N5O3. The third-order valence-electron chi connectivity index (χ3n) is 4.42. The predicted octanol–water partition coefficient (Wildman–Crippen LogP) is 3.70. The largest absolute Gasteiger partial charge is 0.467 e. The molecule has 30 heavy (non-hydrogen) atoms. The molecule has 1 aromatic carbocycles. The number of nitrogens with zero attached hydrogens (tertiary/aromatic N) is 4. The molecule has 3 heterocycles. The van der Waals surface area contributed by atoms with Gasteiger partial charge >= 0.3 is 0 Å². The first-order valence-corrected chi connectivity index (χ1v) is 9.51. The Morgan fingerprint density at radius 1 is 1.03 bits per heavy atom. The molecule has 2 N–H and O–H groups in total. The summed E-state index contributed by atoms with van der Waals surface area (Å²) in [5, 5.41) is 4.50. The Morgan fingerprint density at radius 2 is 1.83 bits per heavy atom. The summed E-state index contributed by atoms with van der Waals surface area (Å²) >= 11 is 0. The Hall–Kier alpha value is -3.94. The molecule has 0 aliphatic carbocycles. The summed E-state index contributed by atoms with van der Waals surface area (Å²) in [6.45, 7) is 3.95. The van der Waals surface area contributed by atoms with Crippen LogP contribution in [0.1, 0.15) is 25.6 Å². The van der Waals surface area contributed by atoms with Gasteiger partial charge in [0, 0.05) is 11.6 Å². The van der Waals surface area contributed by atoms with E-state index in [1.165, 1.54) is 10.7 Å². The van der Waals surface area contributed by atoms with E-state index in [4.69, 9.17) is 14.9 Å². The fourth-order valence-corrected chi connectivity index (χ4v) is 2.97. The van der Waals surface area contributed by atoms with Crippen molar-refractivity contribution in [3.8, 4) is 28.5 Å². The third-order valence-corrected chi connectivity index (χ3v) is 4.42. The lowest BCUT2D eigenvalue weighted by Gasteiger charge is -2.14. The second kappa shape index (κ2) is 8.20. The number of ether oxygens (including phenoxy) is 1. The van der Waals surface area contributed by atoms with E-state index < -0.39 is 0 Å². The first kappa shape index (κ1) is 19.4. The molecule has 0 unspecified atom stereocenters. The number of nitrogens with two attached hydrogens (primary N) is 1. The molecular weight excluding hydrogens is 382 g/mol. The highest BCUT2D eigenvalue weighted by Gasteiger charge is 2.19. The summed E-state index contributed by atoms with van der Waals surface area (Å²) in [5.41, 5.74) is 8.31. The summed E-state index contributed by atoms with van der Waals surface area (Å²) in [6.07, 6.45) is 1.57. The molecule has 0 saturated carbocycles. The normalized spacial score (nSPS) is 11.0. The van der Waals surface area contributed by atoms with E-state index in [1.54, 1.807) is 24.5 Å². The van der Waals surface area contributed by atoms with Crippen molar-refractivity contribution >= 4 is 5.82 Å². The maximum atomic E-state index is 12.2. The SMILES string of the molecule is CC(C)n1nc(-c2nc(OCc3ccco3)c(N)nc2-c2ccccc2)ccc1=O. The first-order valence-electron chi connectivity index (χ1n) is 9.51. The van der Waals surface area contributed by atoms with Crippen molar-refractivity contribution in [1.82, 2.24) is 19.7 Å². The number of rotatable bonds is 6. The maximum Gasteiger partial charge on any atom is 0.267 e. The topological polar surface area (TPSA) is 109 Å². The number of hydrogen-bond acceptors (Lipinski definition) is 7. The molecule has 152 valence electrons. The van der Waals surface area contributed by atoms with Crippen LogP contribution in [0.3, 0.4) is 0 Å². The Bertz CT molecular complexity index is 1200. The molecule has 4 aromatic rings. The highest BCUT2D eigenvalue weighted by atomic mass is 16.5. The predicted molar refractivity (Wildman–Crippen MR) is 113 cm³/mol. The molecule has 0 spiro atoms. The molecule has 4 rings (SSSR count). The number of aromatic nitrogens is 4. The standard InChI is InChI=1S/C22H21N5O3/c1-14(2)27-18(28)11-10-17(26-27)20-19(15-7-4-3-5-8-15)24-21(23)22(25-20)30-13-16-9-6-12-29-16/h3-12,14H,13H2,1-2H3,(H2,23,24). The molecule has 0 saturated heterocycles. The first-order chi connectivity index (χ1) is 14.5. The summed E-state index contributed by atoms with van der Waals surface area (Å²) < 4.78 is 12.4. The molecule has 3 aromatic heterocycles. The van der Waals surface area contributed by atoms with E-state index in [0.717, 1.165) is 5.56 Å². The molecule has 0 atom stereocenters. The average Bonchev–Trinajstić information content (AvgIpc) is 3.27. The van der Waals surface area contributed by atoms with Gasteiger partial charge in [0.2, 0.25) is 0 Å². The summed E-state index contributed by atoms with van der Waals surface area (Å²) in [5.74, 6) is 0.961. The van der Waals surface area contributed by atoms with Gasteiger partial charge in [-0.2, -0.15) is 5.10 Å². The molecule has 0 bridgehead atoms. The molecule has 8 nitrogen and oxygen atoms in total. The molecule has 0 aliphatic rings. The van der Waals surface area contributed by atoms with Crippen LogP contribution >= 0.6 is 0 Å². The molecule has 0 aliphatic heterocycles. The van der Waals surface area contributed by atoms with Gasteiger partial charge in [0.05, 0.1) is 12.3 Å². The van der Waals surface area contributed by atoms with Gasteiger partial charge in [0.1, 0.15) is 29.4 Å². The van der Waals surface area contributed by atoms with Gasteiger partial charge in [0.25, 0.3) is 11.4 Å². The Morgan fingerprint density at radius 3 is 2.53 bits per heavy atom. The van der Waals surface area contributed by atoms with Crippen LogP contribution in [0.4, 0.5) is 5.82 Å². The Balaban J connectivity index is 1.84. The van der Waals surface area contributed by atoms with Gasteiger partial charge in [0.15, 0.2) is 5.82 Å². The van der Waals surface area contributed by atoms with Crippen molar-refractivity contribution in [2.45, 2.75) is 26.5 Å².